The van der Waals surface area contributed by atoms with Gasteiger partial charge in [0.15, 0.2) is 9.84 Å². The van der Waals surface area contributed by atoms with Crippen LogP contribution in [0.4, 0.5) is 8.78 Å². The van der Waals surface area contributed by atoms with Gasteiger partial charge in [-0.1, -0.05) is 18.2 Å². The summed E-state index contributed by atoms with van der Waals surface area (Å²) in [7, 11) is -3.27. The van der Waals surface area contributed by atoms with Gasteiger partial charge in [0.1, 0.15) is 5.82 Å². The first kappa shape index (κ1) is 25.5. The number of halogens is 2. The molecule has 1 aromatic heterocycles. The van der Waals surface area contributed by atoms with Crippen LogP contribution in [-0.4, -0.2) is 35.7 Å². The minimum absolute atomic E-state index is 0.188. The van der Waals surface area contributed by atoms with E-state index >= 15 is 0 Å². The van der Waals surface area contributed by atoms with Gasteiger partial charge in [-0.15, -0.1) is 0 Å². The van der Waals surface area contributed by atoms with Crippen molar-refractivity contribution < 1.29 is 27.1 Å². The molecule has 0 saturated heterocycles. The Morgan fingerprint density at radius 2 is 1.71 bits per heavy atom. The van der Waals surface area contributed by atoms with Crippen molar-refractivity contribution in [3.63, 3.8) is 0 Å². The normalized spacial score (nSPS) is 13.9. The summed E-state index contributed by atoms with van der Waals surface area (Å²) in [5, 5.41) is 9.17. The van der Waals surface area contributed by atoms with Crippen molar-refractivity contribution in [3.05, 3.63) is 103 Å². The number of allylic oxidation sites excluding steroid dienone is 2. The molecule has 0 atom stereocenters. The lowest BCUT2D eigenvalue weighted by Crippen LogP contribution is -2.23. The van der Waals surface area contributed by atoms with Crippen LogP contribution in [0.25, 0.3) is 17.2 Å². The molecule has 3 N–H and O–H groups in total. The summed E-state index contributed by atoms with van der Waals surface area (Å²) in [5.74, 6) is -2.39. The Morgan fingerprint density at radius 3 is 2.26 bits per heavy atom. The van der Waals surface area contributed by atoms with E-state index in [4.69, 9.17) is 5.11 Å². The molecule has 1 aliphatic carbocycles. The van der Waals surface area contributed by atoms with Crippen LogP contribution in [0.1, 0.15) is 30.0 Å². The molecule has 0 bridgehead atoms. The predicted molar refractivity (Wildman–Crippen MR) is 126 cm³/mol. The molecule has 0 fully saturated rings. The minimum atomic E-state index is -3.27. The third-order valence-electron chi connectivity index (χ3n) is 5.17. The van der Waals surface area contributed by atoms with Crippen LogP contribution in [0, 0.1) is 11.6 Å². The number of carboxylic acid groups (broad SMARTS) is 1. The minimum Gasteiger partial charge on any atom is -0.481 e. The molecule has 0 radical (unpaired) electrons. The lowest BCUT2D eigenvalue weighted by atomic mass is 10.0. The molecule has 35 heavy (non-hydrogen) atoms. The van der Waals surface area contributed by atoms with Gasteiger partial charge in [0.05, 0.1) is 11.3 Å². The molecule has 0 saturated carbocycles. The van der Waals surface area contributed by atoms with Crippen LogP contribution in [0.3, 0.4) is 0 Å². The fraction of sp³-hybridized carbons (Fsp3) is 0.125. The molecule has 0 spiro atoms. The maximum Gasteiger partial charge on any atom is 0.325 e. The highest BCUT2D eigenvalue weighted by molar-refractivity contribution is 7.90. The van der Waals surface area contributed by atoms with Crippen molar-refractivity contribution in [2.45, 2.75) is 18.2 Å². The molecule has 1 heterocycles. The average Bonchev–Trinajstić information content (AvgIpc) is 3.01. The fourth-order valence-electron chi connectivity index (χ4n) is 3.50. The maximum absolute atomic E-state index is 13.7. The highest BCUT2D eigenvalue weighted by Crippen LogP contribution is 2.43. The van der Waals surface area contributed by atoms with Gasteiger partial charge in [-0.2, -0.15) is 4.39 Å². The van der Waals surface area contributed by atoms with Crippen molar-refractivity contribution in [2.75, 3.05) is 6.26 Å². The van der Waals surface area contributed by atoms with E-state index in [9.17, 15) is 31.6 Å². The molecular weight excluding hydrogens is 482 g/mol. The zero-order valence-electron chi connectivity index (χ0n) is 18.6. The summed E-state index contributed by atoms with van der Waals surface area (Å²) >= 11 is 0. The zero-order chi connectivity index (χ0) is 25.9. The maximum atomic E-state index is 13.7. The Balaban J connectivity index is 0.000000320. The molecule has 3 aromatic rings. The largest absolute Gasteiger partial charge is 0.481 e. The standard InChI is InChI=1S/C20H17FO4S.C4H3FN2O2/c1-12-17(9-13-3-6-15(7-4-13)26(2,24)25)16-8-5-14(21)10-19(16)18(12)11-20(22)23;5-2-1-6-4(9)7-3(2)8/h3-10H,11H2,1-2H3,(H,22,23);1H,(H2,6,7,8,9)/b17-9-;. The van der Waals surface area contributed by atoms with Gasteiger partial charge in [-0.05, 0) is 70.7 Å². The van der Waals surface area contributed by atoms with E-state index < -0.39 is 38.7 Å². The van der Waals surface area contributed by atoms with Crippen molar-refractivity contribution >= 4 is 33.0 Å². The molecule has 0 unspecified atom stereocenters. The first-order chi connectivity index (χ1) is 16.4. The number of sulfone groups is 1. The second-order valence-corrected chi connectivity index (χ2v) is 9.70. The first-order valence-electron chi connectivity index (χ1n) is 10.1. The van der Waals surface area contributed by atoms with Crippen LogP contribution in [0.2, 0.25) is 0 Å². The van der Waals surface area contributed by atoms with Crippen LogP contribution in [0.5, 0.6) is 0 Å². The molecule has 182 valence electrons. The van der Waals surface area contributed by atoms with Gasteiger partial charge in [0.2, 0.25) is 5.82 Å². The summed E-state index contributed by atoms with van der Waals surface area (Å²) in [6, 6.07) is 10.8. The van der Waals surface area contributed by atoms with Crippen molar-refractivity contribution in [2.24, 2.45) is 0 Å². The quantitative estimate of drug-likeness (QED) is 0.501. The number of aromatic amines is 2. The Bertz CT molecular complexity index is 1580. The molecule has 2 aromatic carbocycles. The summed E-state index contributed by atoms with van der Waals surface area (Å²) in [5.41, 5.74) is 2.60. The number of carboxylic acids is 1. The van der Waals surface area contributed by atoms with Crippen molar-refractivity contribution in [3.8, 4) is 0 Å². The van der Waals surface area contributed by atoms with E-state index in [-0.39, 0.29) is 11.3 Å². The van der Waals surface area contributed by atoms with Crippen molar-refractivity contribution in [1.82, 2.24) is 9.97 Å². The van der Waals surface area contributed by atoms with Crippen molar-refractivity contribution in [1.29, 1.82) is 0 Å². The monoisotopic (exact) mass is 502 g/mol. The molecule has 11 heteroatoms. The number of hydrogen-bond acceptors (Lipinski definition) is 5. The second kappa shape index (κ2) is 10.0. The average molecular weight is 502 g/mol. The number of nitrogens with one attached hydrogen (secondary N) is 2. The van der Waals surface area contributed by atoms with E-state index in [0.717, 1.165) is 28.5 Å². The fourth-order valence-corrected chi connectivity index (χ4v) is 4.13. The lowest BCUT2D eigenvalue weighted by Gasteiger charge is -2.05. The zero-order valence-corrected chi connectivity index (χ0v) is 19.4. The summed E-state index contributed by atoms with van der Waals surface area (Å²) in [6.07, 6.45) is 3.52. The SMILES string of the molecule is CC1=C(CC(=O)O)c2cc(F)ccc2/C1=C\c1ccc(S(C)(=O)=O)cc1.O=c1[nH]cc(F)c(=O)[nH]1. The molecule has 8 nitrogen and oxygen atoms in total. The van der Waals surface area contributed by atoms with Gasteiger partial charge < -0.3 is 10.1 Å². The molecule has 4 rings (SSSR count). The van der Waals surface area contributed by atoms with E-state index in [0.29, 0.717) is 17.3 Å². The van der Waals surface area contributed by atoms with E-state index in [1.54, 1.807) is 23.2 Å². The van der Waals surface area contributed by atoms with Crippen LogP contribution in [-0.2, 0) is 14.6 Å². The molecule has 1 aliphatic rings. The van der Waals surface area contributed by atoms with Crippen LogP contribution >= 0.6 is 0 Å². The van der Waals surface area contributed by atoms with Crippen LogP contribution < -0.4 is 11.2 Å². The summed E-state index contributed by atoms with van der Waals surface area (Å²) in [4.78, 5) is 35.4. The lowest BCUT2D eigenvalue weighted by molar-refractivity contribution is -0.135. The summed E-state index contributed by atoms with van der Waals surface area (Å²) < 4.78 is 48.8. The topological polar surface area (TPSA) is 137 Å². The highest BCUT2D eigenvalue weighted by atomic mass is 32.2. The van der Waals surface area contributed by atoms with E-state index in [2.05, 4.69) is 0 Å². The first-order valence-corrected chi connectivity index (χ1v) is 12.0. The smallest absolute Gasteiger partial charge is 0.325 e. The Hall–Kier alpha value is -4.12. The van der Waals surface area contributed by atoms with E-state index in [1.165, 1.54) is 24.3 Å². The van der Waals surface area contributed by atoms with Gasteiger partial charge in [0, 0.05) is 12.5 Å². The Morgan fingerprint density at radius 1 is 1.06 bits per heavy atom. The number of H-pyrrole nitrogens is 2. The van der Waals surface area contributed by atoms with E-state index in [1.807, 2.05) is 18.0 Å². The second-order valence-electron chi connectivity index (χ2n) is 7.68. The third-order valence-corrected chi connectivity index (χ3v) is 6.30. The van der Waals surface area contributed by atoms with Gasteiger partial charge in [-0.3, -0.25) is 14.6 Å². The number of carbonyl (C=O) groups is 1. The van der Waals surface area contributed by atoms with Gasteiger partial charge in [-0.25, -0.2) is 17.6 Å². The number of aliphatic carboxylic acids is 1. The van der Waals surface area contributed by atoms with Crippen LogP contribution in [0.15, 0.2) is 68.7 Å². The highest BCUT2D eigenvalue weighted by Gasteiger charge is 2.25. The Kier molecular flexibility index (Phi) is 7.30. The Labute approximate surface area is 198 Å². The number of fused-ring (bicyclic) bond motifs is 1. The molecule has 0 amide bonds. The number of aromatic nitrogens is 2. The number of benzene rings is 2. The molecular formula is C24H20F2N2O6S. The van der Waals surface area contributed by atoms with Gasteiger partial charge >= 0.3 is 11.7 Å². The number of rotatable bonds is 4. The predicted octanol–water partition coefficient (Wildman–Crippen LogP) is 3.23. The summed E-state index contributed by atoms with van der Waals surface area (Å²) in [6.45, 7) is 1.81. The molecule has 0 aliphatic heterocycles. The number of hydrogen-bond donors (Lipinski definition) is 3. The van der Waals surface area contributed by atoms with Gasteiger partial charge in [0.25, 0.3) is 5.56 Å². The third kappa shape index (κ3) is 6.07.